The normalized spacial score (nSPS) is 10.8. The third-order valence-electron chi connectivity index (χ3n) is 4.28. The number of amides is 1. The number of hydrogen-bond acceptors (Lipinski definition) is 2. The third kappa shape index (κ3) is 3.29. The number of anilines is 1. The Morgan fingerprint density at radius 2 is 1.75 bits per heavy atom. The molecule has 0 unspecified atom stereocenters. The molecule has 2 aromatic carbocycles. The number of carbonyl (C=O) groups excluding carboxylic acids is 1. The minimum absolute atomic E-state index is 0.0867. The van der Waals surface area contributed by atoms with Crippen molar-refractivity contribution in [3.8, 4) is 11.5 Å². The van der Waals surface area contributed by atoms with Crippen LogP contribution in [0.2, 0.25) is 0 Å². The van der Waals surface area contributed by atoms with Crippen molar-refractivity contribution in [2.75, 3.05) is 5.32 Å². The summed E-state index contributed by atoms with van der Waals surface area (Å²) in [5, 5.41) is 6.88. The van der Waals surface area contributed by atoms with Crippen LogP contribution in [-0.4, -0.2) is 20.3 Å². The summed E-state index contributed by atoms with van der Waals surface area (Å²) in [7, 11) is 0. The Balaban J connectivity index is 1.76. The summed E-state index contributed by atoms with van der Waals surface area (Å²) in [4.78, 5) is 12.9. The molecule has 2 heterocycles. The van der Waals surface area contributed by atoms with Crippen molar-refractivity contribution in [3.05, 3.63) is 95.9 Å². The summed E-state index contributed by atoms with van der Waals surface area (Å²) >= 11 is 0. The van der Waals surface area contributed by atoms with E-state index in [1.54, 1.807) is 42.1 Å². The summed E-state index contributed by atoms with van der Waals surface area (Å²) in [6.45, 7) is 1.77. The molecule has 0 aliphatic rings. The van der Waals surface area contributed by atoms with Crippen LogP contribution in [-0.2, 0) is 0 Å². The summed E-state index contributed by atoms with van der Waals surface area (Å²) in [6, 6.07) is 14.0. The molecule has 2 aromatic heterocycles. The third-order valence-corrected chi connectivity index (χ3v) is 4.28. The standard InChI is InChI=1S/C21H16F2N4O/c1-14-4-9-19(18(23)12-14)25-20(28)17-13-24-27(16-7-5-15(22)6-8-16)21(17)26-10-2-3-11-26/h2-13H,1H3,(H,25,28). The average Bonchev–Trinajstić information content (AvgIpc) is 3.33. The van der Waals surface area contributed by atoms with Crippen LogP contribution in [0.4, 0.5) is 14.5 Å². The van der Waals surface area contributed by atoms with Crippen molar-refractivity contribution >= 4 is 11.6 Å². The fourth-order valence-corrected chi connectivity index (χ4v) is 2.91. The molecular formula is C21H16F2N4O. The van der Waals surface area contributed by atoms with Crippen LogP contribution in [0.1, 0.15) is 15.9 Å². The molecule has 0 atom stereocenters. The molecule has 140 valence electrons. The molecule has 7 heteroatoms. The monoisotopic (exact) mass is 378 g/mol. The van der Waals surface area contributed by atoms with Gasteiger partial charge in [0.1, 0.15) is 17.2 Å². The summed E-state index contributed by atoms with van der Waals surface area (Å²) in [6.07, 6.45) is 4.93. The fourth-order valence-electron chi connectivity index (χ4n) is 2.91. The van der Waals surface area contributed by atoms with Crippen LogP contribution in [0.5, 0.6) is 0 Å². The molecule has 1 N–H and O–H groups in total. The van der Waals surface area contributed by atoms with Gasteiger partial charge in [-0.25, -0.2) is 13.5 Å². The van der Waals surface area contributed by atoms with Gasteiger partial charge in [0.2, 0.25) is 0 Å². The molecular weight excluding hydrogens is 362 g/mol. The van der Waals surface area contributed by atoms with E-state index in [0.717, 1.165) is 5.56 Å². The number of benzene rings is 2. The van der Waals surface area contributed by atoms with Crippen molar-refractivity contribution < 1.29 is 13.6 Å². The van der Waals surface area contributed by atoms with E-state index in [1.165, 1.54) is 35.1 Å². The zero-order valence-electron chi connectivity index (χ0n) is 14.9. The van der Waals surface area contributed by atoms with Crippen LogP contribution in [0.15, 0.2) is 73.2 Å². The maximum atomic E-state index is 14.1. The zero-order chi connectivity index (χ0) is 19.7. The highest BCUT2D eigenvalue weighted by atomic mass is 19.1. The van der Waals surface area contributed by atoms with Gasteiger partial charge in [-0.05, 0) is 61.0 Å². The first-order chi connectivity index (χ1) is 13.5. The first-order valence-electron chi connectivity index (χ1n) is 8.58. The van der Waals surface area contributed by atoms with E-state index < -0.39 is 11.7 Å². The molecule has 28 heavy (non-hydrogen) atoms. The first-order valence-corrected chi connectivity index (χ1v) is 8.58. The SMILES string of the molecule is Cc1ccc(NC(=O)c2cnn(-c3ccc(F)cc3)c2-n2cccc2)c(F)c1. The second-order valence-electron chi connectivity index (χ2n) is 6.30. The van der Waals surface area contributed by atoms with Crippen molar-refractivity contribution in [1.29, 1.82) is 0 Å². The van der Waals surface area contributed by atoms with Gasteiger partial charge in [-0.15, -0.1) is 0 Å². The second-order valence-corrected chi connectivity index (χ2v) is 6.30. The minimum atomic E-state index is -0.512. The first kappa shape index (κ1) is 17.7. The van der Waals surface area contributed by atoms with Crippen molar-refractivity contribution in [1.82, 2.24) is 14.3 Å². The molecule has 0 fully saturated rings. The van der Waals surface area contributed by atoms with Gasteiger partial charge in [-0.1, -0.05) is 6.07 Å². The topological polar surface area (TPSA) is 51.9 Å². The Bertz CT molecular complexity index is 1130. The van der Waals surface area contributed by atoms with E-state index in [0.29, 0.717) is 11.5 Å². The molecule has 4 rings (SSSR count). The maximum Gasteiger partial charge on any atom is 0.261 e. The van der Waals surface area contributed by atoms with Crippen LogP contribution >= 0.6 is 0 Å². The van der Waals surface area contributed by atoms with Gasteiger partial charge in [-0.2, -0.15) is 5.10 Å². The average molecular weight is 378 g/mol. The maximum absolute atomic E-state index is 14.1. The number of nitrogens with one attached hydrogen (secondary N) is 1. The van der Waals surface area contributed by atoms with E-state index >= 15 is 0 Å². The molecule has 0 bridgehead atoms. The smallest absolute Gasteiger partial charge is 0.261 e. The van der Waals surface area contributed by atoms with E-state index in [-0.39, 0.29) is 17.1 Å². The highest BCUT2D eigenvalue weighted by molar-refractivity contribution is 6.06. The van der Waals surface area contributed by atoms with E-state index in [2.05, 4.69) is 10.4 Å². The Morgan fingerprint density at radius 3 is 2.43 bits per heavy atom. The molecule has 0 spiro atoms. The van der Waals surface area contributed by atoms with Gasteiger partial charge in [0, 0.05) is 12.4 Å². The van der Waals surface area contributed by atoms with Gasteiger partial charge in [0.05, 0.1) is 17.6 Å². The lowest BCUT2D eigenvalue weighted by atomic mass is 10.2. The molecule has 4 aromatic rings. The van der Waals surface area contributed by atoms with Gasteiger partial charge in [-0.3, -0.25) is 4.79 Å². The highest BCUT2D eigenvalue weighted by Gasteiger charge is 2.21. The van der Waals surface area contributed by atoms with Crippen LogP contribution in [0.25, 0.3) is 11.5 Å². The molecule has 1 amide bonds. The lowest BCUT2D eigenvalue weighted by molar-refractivity contribution is 0.102. The van der Waals surface area contributed by atoms with E-state index in [4.69, 9.17) is 0 Å². The van der Waals surface area contributed by atoms with E-state index in [9.17, 15) is 13.6 Å². The highest BCUT2D eigenvalue weighted by Crippen LogP contribution is 2.22. The van der Waals surface area contributed by atoms with Crippen LogP contribution < -0.4 is 5.32 Å². The predicted octanol–water partition coefficient (Wildman–Crippen LogP) is 4.50. The van der Waals surface area contributed by atoms with Gasteiger partial charge >= 0.3 is 0 Å². The lowest BCUT2D eigenvalue weighted by Gasteiger charge is -2.12. The molecule has 0 aliphatic carbocycles. The zero-order valence-corrected chi connectivity index (χ0v) is 14.9. The van der Waals surface area contributed by atoms with Crippen LogP contribution in [0.3, 0.4) is 0 Å². The predicted molar refractivity (Wildman–Crippen MR) is 102 cm³/mol. The van der Waals surface area contributed by atoms with E-state index in [1.807, 2.05) is 12.1 Å². The number of hydrogen-bond donors (Lipinski definition) is 1. The molecule has 0 radical (unpaired) electrons. The summed E-state index contributed by atoms with van der Waals surface area (Å²) in [5.74, 6) is -0.922. The number of nitrogens with zero attached hydrogens (tertiary/aromatic N) is 3. The van der Waals surface area contributed by atoms with Gasteiger partial charge < -0.3 is 9.88 Å². The molecule has 5 nitrogen and oxygen atoms in total. The Labute approximate surface area is 159 Å². The summed E-state index contributed by atoms with van der Waals surface area (Å²) in [5.41, 5.74) is 1.68. The number of aromatic nitrogens is 3. The molecule has 0 saturated carbocycles. The van der Waals surface area contributed by atoms with Gasteiger partial charge in [0.25, 0.3) is 5.91 Å². The Kier molecular flexibility index (Phi) is 4.49. The molecule has 0 saturated heterocycles. The van der Waals surface area contributed by atoms with Gasteiger partial charge in [0.15, 0.2) is 5.82 Å². The fraction of sp³-hybridized carbons (Fsp3) is 0.0476. The quantitative estimate of drug-likeness (QED) is 0.568. The van der Waals surface area contributed by atoms with Crippen LogP contribution in [0, 0.1) is 18.6 Å². The van der Waals surface area contributed by atoms with Crippen molar-refractivity contribution in [2.45, 2.75) is 6.92 Å². The van der Waals surface area contributed by atoms with Crippen molar-refractivity contribution in [2.24, 2.45) is 0 Å². The Hall–Kier alpha value is -3.74. The van der Waals surface area contributed by atoms with Crippen molar-refractivity contribution in [3.63, 3.8) is 0 Å². The second kappa shape index (κ2) is 7.11. The molecule has 0 aliphatic heterocycles. The summed E-state index contributed by atoms with van der Waals surface area (Å²) < 4.78 is 30.7. The Morgan fingerprint density at radius 1 is 1.04 bits per heavy atom. The lowest BCUT2D eigenvalue weighted by Crippen LogP contribution is -2.16. The number of halogens is 2. The minimum Gasteiger partial charge on any atom is -0.319 e. The number of carbonyl (C=O) groups is 1. The largest absolute Gasteiger partial charge is 0.319 e. The number of rotatable bonds is 4. The number of aryl methyl sites for hydroxylation is 1.